The molecule has 108 valence electrons. The average Bonchev–Trinajstić information content (AvgIpc) is 2.93. The quantitative estimate of drug-likeness (QED) is 0.862. The number of anilines is 1. The number of hydrogen-bond acceptors (Lipinski definition) is 4. The molecule has 0 unspecified atom stereocenters. The molecule has 20 heavy (non-hydrogen) atoms. The van der Waals surface area contributed by atoms with E-state index in [4.69, 9.17) is 10.7 Å². The van der Waals surface area contributed by atoms with Crippen molar-refractivity contribution >= 4 is 11.7 Å². The molecular weight excluding hydrogens is 252 g/mol. The van der Waals surface area contributed by atoms with Gasteiger partial charge >= 0.3 is 0 Å². The molecule has 0 atom stereocenters. The molecule has 2 N–H and O–H groups in total. The molecule has 3 rings (SSSR count). The van der Waals surface area contributed by atoms with Crippen LogP contribution in [0.1, 0.15) is 30.2 Å². The fourth-order valence-electron chi connectivity index (χ4n) is 3.17. The van der Waals surface area contributed by atoms with Gasteiger partial charge in [0.15, 0.2) is 0 Å². The van der Waals surface area contributed by atoms with Crippen LogP contribution in [-0.4, -0.2) is 42.0 Å². The van der Waals surface area contributed by atoms with Crippen molar-refractivity contribution in [3.05, 3.63) is 22.9 Å². The topological polar surface area (TPSA) is 62.5 Å². The number of fused-ring (bicyclic) bond motifs is 1. The van der Waals surface area contributed by atoms with E-state index >= 15 is 0 Å². The minimum atomic E-state index is 0.158. The van der Waals surface area contributed by atoms with Crippen LogP contribution >= 0.6 is 0 Å². The van der Waals surface area contributed by atoms with E-state index in [1.165, 1.54) is 17.7 Å². The van der Waals surface area contributed by atoms with Crippen molar-refractivity contribution in [1.82, 2.24) is 9.88 Å². The van der Waals surface area contributed by atoms with Crippen LogP contribution in [-0.2, 0) is 24.2 Å². The monoisotopic (exact) mass is 274 g/mol. The largest absolute Gasteiger partial charge is 0.353 e. The molecule has 1 saturated heterocycles. The Kier molecular flexibility index (Phi) is 3.61. The highest BCUT2D eigenvalue weighted by Gasteiger charge is 2.23. The second-order valence-corrected chi connectivity index (χ2v) is 5.63. The van der Waals surface area contributed by atoms with Crippen molar-refractivity contribution in [2.45, 2.75) is 32.7 Å². The number of amides is 1. The van der Waals surface area contributed by atoms with Gasteiger partial charge in [-0.25, -0.2) is 4.98 Å². The van der Waals surface area contributed by atoms with Gasteiger partial charge in [-0.2, -0.15) is 0 Å². The van der Waals surface area contributed by atoms with Crippen molar-refractivity contribution in [3.63, 3.8) is 0 Å². The smallest absolute Gasteiger partial charge is 0.219 e. The van der Waals surface area contributed by atoms with E-state index in [0.29, 0.717) is 6.54 Å². The number of carbonyl (C=O) groups excluding carboxylic acids is 1. The first-order chi connectivity index (χ1) is 9.69. The molecule has 2 heterocycles. The maximum Gasteiger partial charge on any atom is 0.219 e. The summed E-state index contributed by atoms with van der Waals surface area (Å²) in [6.07, 6.45) is 3.42. The molecule has 1 fully saturated rings. The highest BCUT2D eigenvalue weighted by molar-refractivity contribution is 5.73. The zero-order chi connectivity index (χ0) is 14.1. The molecule has 2 aliphatic rings. The SMILES string of the molecule is CC(=O)N1CCN(c2nc3c(cc2CN)CCC3)CC1. The second-order valence-electron chi connectivity index (χ2n) is 5.63. The zero-order valence-corrected chi connectivity index (χ0v) is 12.1. The molecule has 1 aliphatic heterocycles. The highest BCUT2D eigenvalue weighted by atomic mass is 16.2. The molecule has 5 heteroatoms. The van der Waals surface area contributed by atoms with Crippen LogP contribution in [0.5, 0.6) is 0 Å². The third kappa shape index (κ3) is 2.38. The van der Waals surface area contributed by atoms with Gasteiger partial charge in [0, 0.05) is 50.9 Å². The van der Waals surface area contributed by atoms with E-state index < -0.39 is 0 Å². The minimum absolute atomic E-state index is 0.158. The van der Waals surface area contributed by atoms with E-state index in [9.17, 15) is 4.79 Å². The lowest BCUT2D eigenvalue weighted by molar-refractivity contribution is -0.129. The number of piperazine rings is 1. The van der Waals surface area contributed by atoms with E-state index in [1.54, 1.807) is 6.92 Å². The Morgan fingerprint density at radius 2 is 2.05 bits per heavy atom. The summed E-state index contributed by atoms with van der Waals surface area (Å²) < 4.78 is 0. The Morgan fingerprint density at radius 1 is 1.30 bits per heavy atom. The van der Waals surface area contributed by atoms with Crippen LogP contribution < -0.4 is 10.6 Å². The molecule has 1 aromatic heterocycles. The lowest BCUT2D eigenvalue weighted by atomic mass is 10.1. The summed E-state index contributed by atoms with van der Waals surface area (Å²) in [4.78, 5) is 20.4. The molecule has 1 aliphatic carbocycles. The summed E-state index contributed by atoms with van der Waals surface area (Å²) in [5, 5.41) is 0. The number of carbonyl (C=O) groups is 1. The highest BCUT2D eigenvalue weighted by Crippen LogP contribution is 2.27. The van der Waals surface area contributed by atoms with E-state index in [2.05, 4.69) is 11.0 Å². The molecule has 0 spiro atoms. The van der Waals surface area contributed by atoms with Gasteiger partial charge in [-0.05, 0) is 30.9 Å². The van der Waals surface area contributed by atoms with Gasteiger partial charge in [0.1, 0.15) is 5.82 Å². The third-order valence-corrected chi connectivity index (χ3v) is 4.35. The van der Waals surface area contributed by atoms with E-state index in [1.807, 2.05) is 4.90 Å². The number of aromatic nitrogens is 1. The van der Waals surface area contributed by atoms with Crippen LogP contribution in [0.2, 0.25) is 0 Å². The number of pyridine rings is 1. The van der Waals surface area contributed by atoms with Crippen LogP contribution in [0, 0.1) is 0 Å². The molecule has 0 aromatic carbocycles. The van der Waals surface area contributed by atoms with E-state index in [-0.39, 0.29) is 5.91 Å². The first kappa shape index (κ1) is 13.4. The second kappa shape index (κ2) is 5.40. The molecule has 0 bridgehead atoms. The minimum Gasteiger partial charge on any atom is -0.353 e. The van der Waals surface area contributed by atoms with Gasteiger partial charge in [-0.1, -0.05) is 0 Å². The lowest BCUT2D eigenvalue weighted by Crippen LogP contribution is -2.48. The summed E-state index contributed by atoms with van der Waals surface area (Å²) in [6, 6.07) is 2.24. The van der Waals surface area contributed by atoms with Crippen LogP contribution in [0.4, 0.5) is 5.82 Å². The summed E-state index contributed by atoms with van der Waals surface area (Å²) in [5.41, 5.74) is 9.65. The van der Waals surface area contributed by atoms with E-state index in [0.717, 1.165) is 50.4 Å². The average molecular weight is 274 g/mol. The molecule has 0 radical (unpaired) electrons. The maximum atomic E-state index is 11.4. The van der Waals surface area contributed by atoms with Gasteiger partial charge in [-0.15, -0.1) is 0 Å². The number of rotatable bonds is 2. The summed E-state index contributed by atoms with van der Waals surface area (Å²) in [5.74, 6) is 1.20. The van der Waals surface area contributed by atoms with Gasteiger partial charge in [0.25, 0.3) is 0 Å². The number of hydrogen-bond donors (Lipinski definition) is 1. The maximum absolute atomic E-state index is 11.4. The van der Waals surface area contributed by atoms with Gasteiger partial charge in [0.2, 0.25) is 5.91 Å². The van der Waals surface area contributed by atoms with Gasteiger partial charge in [-0.3, -0.25) is 4.79 Å². The normalized spacial score (nSPS) is 18.3. The summed E-state index contributed by atoms with van der Waals surface area (Å²) in [7, 11) is 0. The fourth-order valence-corrected chi connectivity index (χ4v) is 3.17. The Balaban J connectivity index is 1.82. The predicted molar refractivity (Wildman–Crippen MR) is 78.6 cm³/mol. The number of nitrogens with two attached hydrogens (primary N) is 1. The predicted octanol–water partition coefficient (Wildman–Crippen LogP) is 0.698. The molecular formula is C15H22N4O. The first-order valence-electron chi connectivity index (χ1n) is 7.41. The van der Waals surface area contributed by atoms with Crippen molar-refractivity contribution in [1.29, 1.82) is 0 Å². The van der Waals surface area contributed by atoms with Crippen molar-refractivity contribution in [3.8, 4) is 0 Å². The Hall–Kier alpha value is -1.62. The van der Waals surface area contributed by atoms with Crippen LogP contribution in [0.3, 0.4) is 0 Å². The standard InChI is InChI=1S/C15H22N4O/c1-11(20)18-5-7-19(8-6-18)15-13(10-16)9-12-3-2-4-14(12)17-15/h9H,2-8,10,16H2,1H3. The summed E-state index contributed by atoms with van der Waals surface area (Å²) >= 11 is 0. The van der Waals surface area contributed by atoms with Crippen molar-refractivity contribution in [2.75, 3.05) is 31.1 Å². The van der Waals surface area contributed by atoms with Gasteiger partial charge in [0.05, 0.1) is 0 Å². The number of aryl methyl sites for hydroxylation is 2. The Morgan fingerprint density at radius 3 is 2.70 bits per heavy atom. The zero-order valence-electron chi connectivity index (χ0n) is 12.1. The number of nitrogens with zero attached hydrogens (tertiary/aromatic N) is 3. The Labute approximate surface area is 119 Å². The van der Waals surface area contributed by atoms with Crippen LogP contribution in [0.15, 0.2) is 6.07 Å². The lowest BCUT2D eigenvalue weighted by Gasteiger charge is -2.36. The first-order valence-corrected chi connectivity index (χ1v) is 7.41. The molecule has 1 aromatic rings. The Bertz CT molecular complexity index is 521. The van der Waals surface area contributed by atoms with Crippen LogP contribution in [0.25, 0.3) is 0 Å². The molecule has 0 saturated carbocycles. The van der Waals surface area contributed by atoms with Gasteiger partial charge < -0.3 is 15.5 Å². The fraction of sp³-hybridized carbons (Fsp3) is 0.600. The third-order valence-electron chi connectivity index (χ3n) is 4.35. The summed E-state index contributed by atoms with van der Waals surface area (Å²) in [6.45, 7) is 5.41. The molecule has 1 amide bonds. The molecule has 5 nitrogen and oxygen atoms in total. The van der Waals surface area contributed by atoms with Crippen molar-refractivity contribution in [2.24, 2.45) is 5.73 Å². The van der Waals surface area contributed by atoms with Crippen molar-refractivity contribution < 1.29 is 4.79 Å².